The Bertz CT molecular complexity index is 256. The number of aliphatic hydroxyl groups is 1. The standard InChI is InChI=1S/C16H31NO3/c1-2-16-13(8-9-19-16)10-17-11-14(18)12-20-15-6-4-3-5-7-15/h13-18H,2-12H2,1H3. The van der Waals surface area contributed by atoms with Crippen LogP contribution in [0.15, 0.2) is 0 Å². The number of hydrogen-bond donors (Lipinski definition) is 2. The lowest BCUT2D eigenvalue weighted by atomic mass is 9.98. The molecule has 20 heavy (non-hydrogen) atoms. The highest BCUT2D eigenvalue weighted by Gasteiger charge is 2.26. The zero-order valence-electron chi connectivity index (χ0n) is 12.9. The molecule has 2 rings (SSSR count). The Morgan fingerprint density at radius 3 is 2.80 bits per heavy atom. The van der Waals surface area contributed by atoms with Crippen LogP contribution in [0.2, 0.25) is 0 Å². The van der Waals surface area contributed by atoms with Crippen LogP contribution in [0.5, 0.6) is 0 Å². The van der Waals surface area contributed by atoms with E-state index in [1.807, 2.05) is 0 Å². The summed E-state index contributed by atoms with van der Waals surface area (Å²) in [5.41, 5.74) is 0. The largest absolute Gasteiger partial charge is 0.389 e. The molecule has 3 unspecified atom stereocenters. The van der Waals surface area contributed by atoms with E-state index in [0.717, 1.165) is 38.8 Å². The highest BCUT2D eigenvalue weighted by atomic mass is 16.5. The Balaban J connectivity index is 1.52. The van der Waals surface area contributed by atoms with Gasteiger partial charge in [0.25, 0.3) is 0 Å². The third-order valence-electron chi connectivity index (χ3n) is 4.61. The van der Waals surface area contributed by atoms with Crippen molar-refractivity contribution in [2.24, 2.45) is 5.92 Å². The van der Waals surface area contributed by atoms with E-state index in [0.29, 0.717) is 31.3 Å². The molecule has 1 saturated heterocycles. The van der Waals surface area contributed by atoms with Crippen LogP contribution in [0.1, 0.15) is 51.9 Å². The Kier molecular flexibility index (Phi) is 7.28. The Morgan fingerprint density at radius 1 is 1.25 bits per heavy atom. The number of ether oxygens (including phenoxy) is 2. The topological polar surface area (TPSA) is 50.7 Å². The third-order valence-corrected chi connectivity index (χ3v) is 4.61. The zero-order valence-corrected chi connectivity index (χ0v) is 12.9. The summed E-state index contributed by atoms with van der Waals surface area (Å²) in [6.45, 7) is 5.10. The maximum atomic E-state index is 9.96. The maximum Gasteiger partial charge on any atom is 0.0897 e. The average molecular weight is 285 g/mol. The van der Waals surface area contributed by atoms with Gasteiger partial charge in [0.1, 0.15) is 0 Å². The molecule has 0 aromatic rings. The summed E-state index contributed by atoms with van der Waals surface area (Å²) >= 11 is 0. The summed E-state index contributed by atoms with van der Waals surface area (Å²) in [5.74, 6) is 0.603. The first kappa shape index (κ1) is 16.2. The predicted octanol–water partition coefficient (Wildman–Crippen LogP) is 2.10. The highest BCUT2D eigenvalue weighted by molar-refractivity contribution is 4.77. The third kappa shape index (κ3) is 5.32. The van der Waals surface area contributed by atoms with Crippen molar-refractivity contribution in [2.75, 3.05) is 26.3 Å². The van der Waals surface area contributed by atoms with Crippen LogP contribution in [0.25, 0.3) is 0 Å². The van der Waals surface area contributed by atoms with E-state index >= 15 is 0 Å². The van der Waals surface area contributed by atoms with Crippen molar-refractivity contribution in [3.63, 3.8) is 0 Å². The molecular formula is C16H31NO3. The van der Waals surface area contributed by atoms with Gasteiger partial charge in [0.2, 0.25) is 0 Å². The molecule has 0 spiro atoms. The highest BCUT2D eigenvalue weighted by Crippen LogP contribution is 2.22. The van der Waals surface area contributed by atoms with E-state index in [9.17, 15) is 5.11 Å². The number of nitrogens with one attached hydrogen (secondary N) is 1. The minimum absolute atomic E-state index is 0.381. The summed E-state index contributed by atoms with van der Waals surface area (Å²) in [6.07, 6.45) is 8.84. The van der Waals surface area contributed by atoms with Crippen molar-refractivity contribution in [3.05, 3.63) is 0 Å². The van der Waals surface area contributed by atoms with Gasteiger partial charge in [-0.3, -0.25) is 0 Å². The minimum atomic E-state index is -0.390. The first-order chi connectivity index (χ1) is 9.79. The number of rotatable bonds is 8. The lowest BCUT2D eigenvalue weighted by Gasteiger charge is -2.24. The fourth-order valence-electron chi connectivity index (χ4n) is 3.35. The van der Waals surface area contributed by atoms with Crippen molar-refractivity contribution < 1.29 is 14.6 Å². The van der Waals surface area contributed by atoms with Crippen LogP contribution >= 0.6 is 0 Å². The van der Waals surface area contributed by atoms with Crippen LogP contribution in [0, 0.1) is 5.92 Å². The SMILES string of the molecule is CCC1OCCC1CNCC(O)COC1CCCCC1. The van der Waals surface area contributed by atoms with E-state index in [-0.39, 0.29) is 6.10 Å². The fourth-order valence-corrected chi connectivity index (χ4v) is 3.35. The first-order valence-electron chi connectivity index (χ1n) is 8.41. The van der Waals surface area contributed by atoms with Crippen LogP contribution in [0.3, 0.4) is 0 Å². The molecule has 0 aromatic heterocycles. The normalized spacial score (nSPS) is 29.7. The van der Waals surface area contributed by atoms with Gasteiger partial charge >= 0.3 is 0 Å². The summed E-state index contributed by atoms with van der Waals surface area (Å²) in [5, 5.41) is 13.3. The van der Waals surface area contributed by atoms with Crippen molar-refractivity contribution in [1.29, 1.82) is 0 Å². The molecule has 0 aromatic carbocycles. The van der Waals surface area contributed by atoms with Crippen molar-refractivity contribution in [3.8, 4) is 0 Å². The molecule has 0 amide bonds. The van der Waals surface area contributed by atoms with Gasteiger partial charge in [0, 0.05) is 19.7 Å². The van der Waals surface area contributed by atoms with E-state index < -0.39 is 0 Å². The Hall–Kier alpha value is -0.160. The van der Waals surface area contributed by atoms with Crippen LogP contribution < -0.4 is 5.32 Å². The van der Waals surface area contributed by atoms with E-state index in [2.05, 4.69) is 12.2 Å². The van der Waals surface area contributed by atoms with Gasteiger partial charge in [0.05, 0.1) is 24.9 Å². The van der Waals surface area contributed by atoms with Gasteiger partial charge in [-0.15, -0.1) is 0 Å². The van der Waals surface area contributed by atoms with Gasteiger partial charge in [-0.05, 0) is 31.6 Å². The van der Waals surface area contributed by atoms with E-state index in [4.69, 9.17) is 9.47 Å². The van der Waals surface area contributed by atoms with Crippen LogP contribution in [0.4, 0.5) is 0 Å². The molecule has 1 aliphatic heterocycles. The summed E-state index contributed by atoms with van der Waals surface area (Å²) in [6, 6.07) is 0. The second-order valence-electron chi connectivity index (χ2n) is 6.27. The molecule has 0 radical (unpaired) electrons. The number of hydrogen-bond acceptors (Lipinski definition) is 4. The lowest BCUT2D eigenvalue weighted by Crippen LogP contribution is -2.36. The minimum Gasteiger partial charge on any atom is -0.389 e. The fraction of sp³-hybridized carbons (Fsp3) is 1.00. The molecule has 4 nitrogen and oxygen atoms in total. The predicted molar refractivity (Wildman–Crippen MR) is 79.8 cm³/mol. The van der Waals surface area contributed by atoms with Gasteiger partial charge in [0.15, 0.2) is 0 Å². The van der Waals surface area contributed by atoms with Crippen LogP contribution in [-0.4, -0.2) is 49.7 Å². The zero-order chi connectivity index (χ0) is 14.2. The number of aliphatic hydroxyl groups excluding tert-OH is 1. The van der Waals surface area contributed by atoms with Gasteiger partial charge in [-0.25, -0.2) is 0 Å². The molecule has 3 atom stereocenters. The summed E-state index contributed by atoms with van der Waals surface area (Å²) in [7, 11) is 0. The molecule has 118 valence electrons. The van der Waals surface area contributed by atoms with Gasteiger partial charge in [-0.2, -0.15) is 0 Å². The van der Waals surface area contributed by atoms with Gasteiger partial charge < -0.3 is 19.9 Å². The maximum absolute atomic E-state index is 9.96. The van der Waals surface area contributed by atoms with E-state index in [1.165, 1.54) is 19.3 Å². The van der Waals surface area contributed by atoms with Crippen molar-refractivity contribution in [2.45, 2.75) is 70.2 Å². The summed E-state index contributed by atoms with van der Waals surface area (Å²) in [4.78, 5) is 0. The first-order valence-corrected chi connectivity index (χ1v) is 8.41. The molecule has 1 saturated carbocycles. The Labute approximate surface area is 123 Å². The monoisotopic (exact) mass is 285 g/mol. The molecular weight excluding hydrogens is 254 g/mol. The lowest BCUT2D eigenvalue weighted by molar-refractivity contribution is -0.0233. The van der Waals surface area contributed by atoms with E-state index in [1.54, 1.807) is 0 Å². The molecule has 1 aliphatic carbocycles. The molecule has 2 aliphatic rings. The Morgan fingerprint density at radius 2 is 2.05 bits per heavy atom. The average Bonchev–Trinajstić information content (AvgIpc) is 2.94. The van der Waals surface area contributed by atoms with Crippen LogP contribution in [-0.2, 0) is 9.47 Å². The molecule has 4 heteroatoms. The molecule has 2 N–H and O–H groups in total. The second-order valence-corrected chi connectivity index (χ2v) is 6.27. The molecule has 2 fully saturated rings. The smallest absolute Gasteiger partial charge is 0.0897 e. The van der Waals surface area contributed by atoms with Gasteiger partial charge in [-0.1, -0.05) is 26.2 Å². The van der Waals surface area contributed by atoms with Crippen molar-refractivity contribution >= 4 is 0 Å². The molecule has 0 bridgehead atoms. The quantitative estimate of drug-likeness (QED) is 0.717. The van der Waals surface area contributed by atoms with Crippen molar-refractivity contribution in [1.82, 2.24) is 5.32 Å². The molecule has 1 heterocycles. The second kappa shape index (κ2) is 8.98. The summed E-state index contributed by atoms with van der Waals surface area (Å²) < 4.78 is 11.5.